The molecule has 2 N–H and O–H groups in total. The Morgan fingerprint density at radius 3 is 2.65 bits per heavy atom. The first-order valence-electron chi connectivity index (χ1n) is 7.41. The summed E-state index contributed by atoms with van der Waals surface area (Å²) in [5, 5.41) is 17.2. The van der Waals surface area contributed by atoms with Gasteiger partial charge in [0, 0.05) is 6.54 Å². The van der Waals surface area contributed by atoms with Gasteiger partial charge in [0.1, 0.15) is 11.0 Å². The van der Waals surface area contributed by atoms with Gasteiger partial charge in [-0.2, -0.15) is 5.10 Å². The lowest BCUT2D eigenvalue weighted by Gasteiger charge is -2.36. The molecule has 0 spiro atoms. The molecule has 1 amide bonds. The van der Waals surface area contributed by atoms with Gasteiger partial charge in [-0.25, -0.2) is 9.07 Å². The molecule has 0 unspecified atom stereocenters. The fourth-order valence-electron chi connectivity index (χ4n) is 2.61. The van der Waals surface area contributed by atoms with Crippen LogP contribution in [0.25, 0.3) is 5.69 Å². The zero-order chi connectivity index (χ0) is 16.6. The molecule has 3 rings (SSSR count). The lowest BCUT2D eigenvalue weighted by atomic mass is 9.80. The molecule has 0 bridgehead atoms. The van der Waals surface area contributed by atoms with Crippen molar-refractivity contribution in [2.24, 2.45) is 0 Å². The van der Waals surface area contributed by atoms with Crippen LogP contribution in [0.2, 0.25) is 5.15 Å². The van der Waals surface area contributed by atoms with Crippen LogP contribution in [0, 0.1) is 12.7 Å². The molecule has 23 heavy (non-hydrogen) atoms. The van der Waals surface area contributed by atoms with Crippen molar-refractivity contribution in [3.8, 4) is 5.69 Å². The van der Waals surface area contributed by atoms with Crippen LogP contribution in [0.15, 0.2) is 24.3 Å². The van der Waals surface area contributed by atoms with E-state index in [1.807, 2.05) is 0 Å². The van der Waals surface area contributed by atoms with Gasteiger partial charge in [-0.05, 0) is 50.5 Å². The van der Waals surface area contributed by atoms with E-state index in [2.05, 4.69) is 10.4 Å². The number of hydrogen-bond acceptors (Lipinski definition) is 3. The number of rotatable bonds is 4. The van der Waals surface area contributed by atoms with Gasteiger partial charge in [0.05, 0.1) is 22.5 Å². The zero-order valence-electron chi connectivity index (χ0n) is 12.6. The highest BCUT2D eigenvalue weighted by Gasteiger charge is 2.35. The molecular weight excluding hydrogens is 321 g/mol. The standard InChI is InChI=1S/C16H17ClFN3O2/c1-10-13(15(22)19-9-16(23)7-2-8-16)14(17)21(20-10)12-5-3-11(18)4-6-12/h3-6,23H,2,7-9H2,1H3,(H,19,22). The molecule has 1 saturated carbocycles. The summed E-state index contributed by atoms with van der Waals surface area (Å²) in [7, 11) is 0. The minimum Gasteiger partial charge on any atom is -0.388 e. The zero-order valence-corrected chi connectivity index (χ0v) is 13.4. The Morgan fingerprint density at radius 2 is 2.09 bits per heavy atom. The van der Waals surface area contributed by atoms with E-state index in [4.69, 9.17) is 11.6 Å². The third kappa shape index (κ3) is 3.09. The van der Waals surface area contributed by atoms with Crippen LogP contribution in [0.4, 0.5) is 4.39 Å². The summed E-state index contributed by atoms with van der Waals surface area (Å²) < 4.78 is 14.4. The molecule has 1 aromatic heterocycles. The fraction of sp³-hybridized carbons (Fsp3) is 0.375. The van der Waals surface area contributed by atoms with E-state index >= 15 is 0 Å². The lowest BCUT2D eigenvalue weighted by molar-refractivity contribution is -0.0300. The number of nitrogens with one attached hydrogen (secondary N) is 1. The van der Waals surface area contributed by atoms with Crippen molar-refractivity contribution in [1.82, 2.24) is 15.1 Å². The number of aliphatic hydroxyl groups is 1. The van der Waals surface area contributed by atoms with Crippen molar-refractivity contribution in [3.63, 3.8) is 0 Å². The second-order valence-electron chi connectivity index (χ2n) is 5.90. The van der Waals surface area contributed by atoms with Gasteiger partial charge in [0.15, 0.2) is 0 Å². The van der Waals surface area contributed by atoms with Gasteiger partial charge in [-0.3, -0.25) is 4.79 Å². The normalized spacial score (nSPS) is 16.0. The van der Waals surface area contributed by atoms with Crippen LogP contribution in [0.1, 0.15) is 35.3 Å². The second-order valence-corrected chi connectivity index (χ2v) is 6.26. The SMILES string of the molecule is Cc1nn(-c2ccc(F)cc2)c(Cl)c1C(=O)NCC1(O)CCC1. The number of aromatic nitrogens is 2. The maximum atomic E-state index is 13.0. The van der Waals surface area contributed by atoms with Gasteiger partial charge in [-0.15, -0.1) is 0 Å². The third-order valence-electron chi connectivity index (χ3n) is 4.16. The van der Waals surface area contributed by atoms with Crippen molar-refractivity contribution in [1.29, 1.82) is 0 Å². The molecule has 1 fully saturated rings. The molecule has 0 aliphatic heterocycles. The second kappa shape index (κ2) is 5.94. The van der Waals surface area contributed by atoms with Crippen LogP contribution < -0.4 is 5.32 Å². The summed E-state index contributed by atoms with van der Waals surface area (Å²) in [4.78, 5) is 12.4. The molecule has 1 aliphatic carbocycles. The molecule has 1 aromatic carbocycles. The van der Waals surface area contributed by atoms with Crippen molar-refractivity contribution < 1.29 is 14.3 Å². The van der Waals surface area contributed by atoms with Crippen LogP contribution >= 0.6 is 11.6 Å². The Hall–Kier alpha value is -1.92. The Morgan fingerprint density at radius 1 is 1.43 bits per heavy atom. The van der Waals surface area contributed by atoms with E-state index < -0.39 is 5.60 Å². The van der Waals surface area contributed by atoms with Gasteiger partial charge in [0.2, 0.25) is 0 Å². The molecule has 122 valence electrons. The Labute approximate surface area is 138 Å². The van der Waals surface area contributed by atoms with Crippen LogP contribution in [0.5, 0.6) is 0 Å². The maximum Gasteiger partial charge on any atom is 0.256 e. The van der Waals surface area contributed by atoms with E-state index in [1.165, 1.54) is 28.9 Å². The fourth-order valence-corrected chi connectivity index (χ4v) is 2.96. The number of amides is 1. The first-order chi connectivity index (χ1) is 10.9. The highest BCUT2D eigenvalue weighted by atomic mass is 35.5. The summed E-state index contributed by atoms with van der Waals surface area (Å²) in [5.74, 6) is -0.735. The molecule has 0 radical (unpaired) electrons. The average Bonchev–Trinajstić information content (AvgIpc) is 2.79. The predicted octanol–water partition coefficient (Wildman–Crippen LogP) is 2.62. The van der Waals surface area contributed by atoms with Gasteiger partial charge < -0.3 is 10.4 Å². The van der Waals surface area contributed by atoms with Crippen molar-refractivity contribution in [2.45, 2.75) is 31.8 Å². The van der Waals surface area contributed by atoms with Crippen molar-refractivity contribution in [3.05, 3.63) is 46.5 Å². The monoisotopic (exact) mass is 337 g/mol. The Balaban J connectivity index is 1.82. The molecule has 1 heterocycles. The number of carbonyl (C=O) groups excluding carboxylic acids is 1. The van der Waals surface area contributed by atoms with Gasteiger partial charge in [-0.1, -0.05) is 11.6 Å². The minimum atomic E-state index is -0.803. The number of nitrogens with zero attached hydrogens (tertiary/aromatic N) is 2. The van der Waals surface area contributed by atoms with Gasteiger partial charge in [0.25, 0.3) is 5.91 Å². The van der Waals surface area contributed by atoms with Crippen LogP contribution in [-0.4, -0.2) is 32.9 Å². The topological polar surface area (TPSA) is 67.2 Å². The Kier molecular flexibility index (Phi) is 4.12. The number of hydrogen-bond donors (Lipinski definition) is 2. The maximum absolute atomic E-state index is 13.0. The summed E-state index contributed by atoms with van der Waals surface area (Å²) in [6, 6.07) is 5.67. The number of aryl methyl sites for hydroxylation is 1. The van der Waals surface area contributed by atoms with Crippen LogP contribution in [0.3, 0.4) is 0 Å². The number of benzene rings is 1. The van der Waals surface area contributed by atoms with E-state index in [-0.39, 0.29) is 29.0 Å². The highest BCUT2D eigenvalue weighted by Crippen LogP contribution is 2.31. The molecule has 0 atom stereocenters. The largest absolute Gasteiger partial charge is 0.388 e. The quantitative estimate of drug-likeness (QED) is 0.901. The average molecular weight is 338 g/mol. The Bertz CT molecular complexity index is 739. The minimum absolute atomic E-state index is 0.159. The lowest BCUT2D eigenvalue weighted by Crippen LogP contribution is -2.47. The predicted molar refractivity (Wildman–Crippen MR) is 84.4 cm³/mol. The summed E-state index contributed by atoms with van der Waals surface area (Å²) in [5.41, 5.74) is 0.496. The number of carbonyl (C=O) groups is 1. The van der Waals surface area contributed by atoms with Crippen molar-refractivity contribution >= 4 is 17.5 Å². The summed E-state index contributed by atoms with van der Waals surface area (Å²) >= 11 is 6.28. The summed E-state index contributed by atoms with van der Waals surface area (Å²) in [6.07, 6.45) is 2.35. The van der Waals surface area contributed by atoms with Gasteiger partial charge >= 0.3 is 0 Å². The molecule has 7 heteroatoms. The van der Waals surface area contributed by atoms with E-state index in [0.29, 0.717) is 24.2 Å². The van der Waals surface area contributed by atoms with Crippen molar-refractivity contribution in [2.75, 3.05) is 6.54 Å². The highest BCUT2D eigenvalue weighted by molar-refractivity contribution is 6.33. The van der Waals surface area contributed by atoms with E-state index in [1.54, 1.807) is 6.92 Å². The third-order valence-corrected chi connectivity index (χ3v) is 4.51. The van der Waals surface area contributed by atoms with E-state index in [9.17, 15) is 14.3 Å². The molecule has 5 nitrogen and oxygen atoms in total. The first-order valence-corrected chi connectivity index (χ1v) is 7.79. The molecule has 2 aromatic rings. The summed E-state index contributed by atoms with van der Waals surface area (Å²) in [6.45, 7) is 1.88. The molecule has 0 saturated heterocycles. The van der Waals surface area contributed by atoms with Crippen LogP contribution in [-0.2, 0) is 0 Å². The molecule has 1 aliphatic rings. The first kappa shape index (κ1) is 16.0. The number of halogens is 2. The van der Waals surface area contributed by atoms with E-state index in [0.717, 1.165) is 6.42 Å². The molecular formula is C16H17ClFN3O2. The smallest absolute Gasteiger partial charge is 0.256 e.